The molecule has 0 amide bonds. The van der Waals surface area contributed by atoms with Gasteiger partial charge in [0.05, 0.1) is 0 Å². The van der Waals surface area contributed by atoms with Crippen molar-refractivity contribution in [1.82, 2.24) is 0 Å². The first kappa shape index (κ1) is 15.6. The molecule has 1 fully saturated rings. The van der Waals surface area contributed by atoms with Crippen LogP contribution in [0.2, 0.25) is 4.82 Å². The molecule has 0 unspecified atom stereocenters. The summed E-state index contributed by atoms with van der Waals surface area (Å²) in [5.41, 5.74) is 0.563. The predicted octanol–water partition coefficient (Wildman–Crippen LogP) is 3.99. The molecule has 3 rings (SSSR count). The number of benzene rings is 2. The maximum absolute atomic E-state index is 12.6. The normalized spacial score (nSPS) is 22.0. The molecule has 116 valence electrons. The van der Waals surface area contributed by atoms with E-state index >= 15 is 0 Å². The zero-order valence-electron chi connectivity index (χ0n) is 11.7. The van der Waals surface area contributed by atoms with Gasteiger partial charge in [-0.05, 0) is 0 Å². The summed E-state index contributed by atoms with van der Waals surface area (Å²) in [6, 6.07) is 15.6. The molecule has 0 radical (unpaired) electrons. The van der Waals surface area contributed by atoms with E-state index in [4.69, 9.17) is 4.74 Å². The van der Waals surface area contributed by atoms with Crippen molar-refractivity contribution in [3.05, 3.63) is 65.7 Å². The molecule has 0 aliphatic carbocycles. The van der Waals surface area contributed by atoms with Crippen LogP contribution >= 0.6 is 0 Å². The van der Waals surface area contributed by atoms with Crippen molar-refractivity contribution in [2.75, 3.05) is 6.61 Å². The van der Waals surface area contributed by atoms with Crippen LogP contribution in [-0.2, 0) is 10.9 Å². The topological polar surface area (TPSA) is 9.23 Å². The molecule has 0 N–H and O–H groups in total. The number of rotatable bonds is 3. The molecule has 0 spiro atoms. The fourth-order valence-corrected chi connectivity index (χ4v) is 5.09. The van der Waals surface area contributed by atoms with Gasteiger partial charge < -0.3 is 0 Å². The van der Waals surface area contributed by atoms with E-state index in [0.717, 1.165) is 16.4 Å². The van der Waals surface area contributed by atoms with Crippen LogP contribution in [0.1, 0.15) is 23.7 Å². The van der Waals surface area contributed by atoms with Gasteiger partial charge in [-0.1, -0.05) is 0 Å². The molecule has 2 aromatic carbocycles. The van der Waals surface area contributed by atoms with E-state index in [-0.39, 0.29) is 21.1 Å². The molecular weight excluding hydrogens is 356 g/mol. The molecule has 0 saturated carbocycles. The fourth-order valence-electron chi connectivity index (χ4n) is 2.54. The first-order valence-electron chi connectivity index (χ1n) is 7.04. The van der Waals surface area contributed by atoms with Crippen molar-refractivity contribution in [1.29, 1.82) is 0 Å². The minimum atomic E-state index is -4.27. The van der Waals surface area contributed by atoms with Crippen LogP contribution in [0.5, 0.6) is 0 Å². The standard InChI is InChI=1S/C17H15F3OSe/c18-17(19,20)13-6-8-14(9-7-13)22-15-10-11-21-16(15)12-4-2-1-3-5-12/h1-9,15-16H,10-11H2/t15-,16+/m0/s1. The van der Waals surface area contributed by atoms with Gasteiger partial charge in [0.25, 0.3) is 0 Å². The van der Waals surface area contributed by atoms with E-state index in [1.54, 1.807) is 12.1 Å². The van der Waals surface area contributed by atoms with Gasteiger partial charge in [0.15, 0.2) is 0 Å². The van der Waals surface area contributed by atoms with Crippen molar-refractivity contribution in [2.24, 2.45) is 0 Å². The molecule has 1 heterocycles. The van der Waals surface area contributed by atoms with E-state index in [1.165, 1.54) is 12.1 Å². The molecule has 0 aromatic heterocycles. The van der Waals surface area contributed by atoms with Gasteiger partial charge in [0, 0.05) is 0 Å². The van der Waals surface area contributed by atoms with E-state index in [1.807, 2.05) is 30.3 Å². The van der Waals surface area contributed by atoms with Gasteiger partial charge in [0.2, 0.25) is 0 Å². The van der Waals surface area contributed by atoms with Gasteiger partial charge in [-0.25, -0.2) is 0 Å². The molecule has 0 bridgehead atoms. The molecule has 2 aromatic rings. The van der Waals surface area contributed by atoms with Crippen LogP contribution in [0, 0.1) is 0 Å². The van der Waals surface area contributed by atoms with E-state index < -0.39 is 11.7 Å². The van der Waals surface area contributed by atoms with Gasteiger partial charge in [-0.3, -0.25) is 0 Å². The number of hydrogen-bond acceptors (Lipinski definition) is 1. The Morgan fingerprint density at radius 3 is 2.27 bits per heavy atom. The molecule has 5 heteroatoms. The van der Waals surface area contributed by atoms with Crippen molar-refractivity contribution in [3.63, 3.8) is 0 Å². The van der Waals surface area contributed by atoms with E-state index in [2.05, 4.69) is 0 Å². The Bertz CT molecular complexity index is 610. The van der Waals surface area contributed by atoms with Crippen molar-refractivity contribution < 1.29 is 17.9 Å². The zero-order chi connectivity index (χ0) is 15.6. The minimum absolute atomic E-state index is 0.0588. The number of halogens is 3. The summed E-state index contributed by atoms with van der Waals surface area (Å²) >= 11 is 0.0983. The van der Waals surface area contributed by atoms with Crippen molar-refractivity contribution >= 4 is 19.4 Å². The summed E-state index contributed by atoms with van der Waals surface area (Å²) in [6.45, 7) is 0.715. The zero-order valence-corrected chi connectivity index (χ0v) is 13.4. The maximum atomic E-state index is 12.6. The second-order valence-electron chi connectivity index (χ2n) is 5.17. The Kier molecular flexibility index (Phi) is 4.57. The summed E-state index contributed by atoms with van der Waals surface area (Å²) in [6.07, 6.45) is -3.25. The SMILES string of the molecule is FC(F)(F)c1ccc([Se][C@H]2CCO[C@@H]2c2ccccc2)cc1. The van der Waals surface area contributed by atoms with Gasteiger partial charge in [-0.2, -0.15) is 0 Å². The van der Waals surface area contributed by atoms with Gasteiger partial charge >= 0.3 is 133 Å². The van der Waals surface area contributed by atoms with Gasteiger partial charge in [0.1, 0.15) is 0 Å². The predicted molar refractivity (Wildman–Crippen MR) is 80.3 cm³/mol. The third-order valence-corrected chi connectivity index (χ3v) is 6.43. The van der Waals surface area contributed by atoms with E-state index in [0.29, 0.717) is 11.4 Å². The third-order valence-electron chi connectivity index (χ3n) is 3.63. The van der Waals surface area contributed by atoms with Crippen LogP contribution in [0.15, 0.2) is 54.6 Å². The van der Waals surface area contributed by atoms with Crippen molar-refractivity contribution in [3.8, 4) is 0 Å². The molecule has 22 heavy (non-hydrogen) atoms. The third kappa shape index (κ3) is 3.54. The monoisotopic (exact) mass is 372 g/mol. The Balaban J connectivity index is 1.72. The molecule has 1 nitrogen and oxygen atoms in total. The fraction of sp³-hybridized carbons (Fsp3) is 0.294. The van der Waals surface area contributed by atoms with Crippen LogP contribution in [0.4, 0.5) is 13.2 Å². The second-order valence-corrected chi connectivity index (χ2v) is 7.92. The average molecular weight is 371 g/mol. The van der Waals surface area contributed by atoms with Crippen molar-refractivity contribution in [2.45, 2.75) is 23.5 Å². The second kappa shape index (κ2) is 6.45. The first-order chi connectivity index (χ1) is 10.5. The van der Waals surface area contributed by atoms with Gasteiger partial charge in [-0.15, -0.1) is 0 Å². The molecule has 2 atom stereocenters. The Hall–Kier alpha value is -1.29. The van der Waals surface area contributed by atoms with Crippen LogP contribution in [-0.4, -0.2) is 21.6 Å². The first-order valence-corrected chi connectivity index (χ1v) is 8.89. The number of ether oxygens (including phenoxy) is 1. The Labute approximate surface area is 133 Å². The summed E-state index contributed by atoms with van der Waals surface area (Å²) < 4.78 is 44.6. The Morgan fingerprint density at radius 1 is 0.955 bits per heavy atom. The molecule has 1 aliphatic rings. The van der Waals surface area contributed by atoms with E-state index in [9.17, 15) is 13.2 Å². The number of hydrogen-bond donors (Lipinski definition) is 0. The summed E-state index contributed by atoms with van der Waals surface area (Å²) in [5, 5.41) is 0. The molecular formula is C17H15F3OSe. The average Bonchev–Trinajstić information content (AvgIpc) is 2.96. The van der Waals surface area contributed by atoms with Crippen LogP contribution < -0.4 is 4.46 Å². The molecule has 1 saturated heterocycles. The van der Waals surface area contributed by atoms with Crippen LogP contribution in [0.25, 0.3) is 0 Å². The molecule has 1 aliphatic heterocycles. The summed E-state index contributed by atoms with van der Waals surface area (Å²) in [7, 11) is 0. The Morgan fingerprint density at radius 2 is 1.64 bits per heavy atom. The summed E-state index contributed by atoms with van der Waals surface area (Å²) in [4.78, 5) is 0.367. The number of alkyl halides is 3. The quantitative estimate of drug-likeness (QED) is 0.742. The van der Waals surface area contributed by atoms with Crippen LogP contribution in [0.3, 0.4) is 0 Å². The summed E-state index contributed by atoms with van der Waals surface area (Å²) in [5.74, 6) is 0.